The number of aryl methyl sites for hydroxylation is 1. The van der Waals surface area contributed by atoms with Gasteiger partial charge in [-0.2, -0.15) is 0 Å². The lowest BCUT2D eigenvalue weighted by atomic mass is 10.1. The number of hydrogen-bond acceptors (Lipinski definition) is 5. The smallest absolute Gasteiger partial charge is 0.337 e. The first kappa shape index (κ1) is 22.5. The van der Waals surface area contributed by atoms with Crippen LogP contribution in [0.2, 0.25) is 5.02 Å². The van der Waals surface area contributed by atoms with Gasteiger partial charge < -0.3 is 9.30 Å². The number of methoxy groups -OCH3 is 1. The van der Waals surface area contributed by atoms with E-state index in [1.807, 2.05) is 24.5 Å². The molecule has 1 aliphatic heterocycles. The summed E-state index contributed by atoms with van der Waals surface area (Å²) < 4.78 is 6.64. The molecule has 2 amide bonds. The largest absolute Gasteiger partial charge is 0.465 e. The van der Waals surface area contributed by atoms with Crippen LogP contribution in [0, 0.1) is 13.8 Å². The van der Waals surface area contributed by atoms with Crippen molar-refractivity contribution in [3.63, 3.8) is 0 Å². The Kier molecular flexibility index (Phi) is 6.42. The molecule has 1 aromatic heterocycles. The minimum absolute atomic E-state index is 0.0369. The van der Waals surface area contributed by atoms with Crippen LogP contribution in [0.5, 0.6) is 0 Å². The quantitative estimate of drug-likeness (QED) is 0.245. The fraction of sp³-hybridized carbons (Fsp3) is 0.182. The molecule has 0 spiro atoms. The highest BCUT2D eigenvalue weighted by molar-refractivity contribution is 7.80. The first-order chi connectivity index (χ1) is 14.7. The minimum atomic E-state index is -0.564. The predicted molar refractivity (Wildman–Crippen MR) is 122 cm³/mol. The first-order valence-corrected chi connectivity index (χ1v) is 10.0. The molecule has 0 bridgehead atoms. The Bertz CT molecular complexity index is 1170. The highest BCUT2D eigenvalue weighted by Crippen LogP contribution is 2.29. The van der Waals surface area contributed by atoms with E-state index in [0.717, 1.165) is 11.4 Å². The van der Waals surface area contributed by atoms with E-state index in [1.54, 1.807) is 18.2 Å². The van der Waals surface area contributed by atoms with Crippen molar-refractivity contribution in [1.82, 2.24) is 14.8 Å². The fourth-order valence-corrected chi connectivity index (χ4v) is 3.83. The topological polar surface area (TPSA) is 80.6 Å². The SMILES string of the molecule is C=CCN1C(=O)/C(=C/c2cc(C)n(-c3cc(C(=O)OC)ccc3Cl)c2C)C(=O)NC1=S. The Hall–Kier alpha value is -3.23. The average Bonchev–Trinajstić information content (AvgIpc) is 3.01. The van der Waals surface area contributed by atoms with E-state index in [0.29, 0.717) is 21.8 Å². The summed E-state index contributed by atoms with van der Waals surface area (Å²) in [7, 11) is 1.31. The summed E-state index contributed by atoms with van der Waals surface area (Å²) >= 11 is 11.5. The molecular formula is C22H20ClN3O4S. The summed E-state index contributed by atoms with van der Waals surface area (Å²) in [5.41, 5.74) is 3.09. The Balaban J connectivity index is 2.09. The number of ether oxygens (including phenoxy) is 1. The Morgan fingerprint density at radius 1 is 1.29 bits per heavy atom. The van der Waals surface area contributed by atoms with Crippen LogP contribution in [-0.2, 0) is 14.3 Å². The molecule has 0 atom stereocenters. The molecule has 1 saturated heterocycles. The van der Waals surface area contributed by atoms with Gasteiger partial charge in [0.25, 0.3) is 11.8 Å². The fourth-order valence-electron chi connectivity index (χ4n) is 3.38. The molecule has 0 aliphatic carbocycles. The van der Waals surface area contributed by atoms with E-state index in [-0.39, 0.29) is 17.2 Å². The van der Waals surface area contributed by atoms with E-state index < -0.39 is 17.8 Å². The van der Waals surface area contributed by atoms with Crippen molar-refractivity contribution < 1.29 is 19.1 Å². The van der Waals surface area contributed by atoms with Crippen LogP contribution in [0.3, 0.4) is 0 Å². The predicted octanol–water partition coefficient (Wildman–Crippen LogP) is 3.35. The molecule has 160 valence electrons. The minimum Gasteiger partial charge on any atom is -0.465 e. The number of esters is 1. The van der Waals surface area contributed by atoms with Crippen LogP contribution < -0.4 is 5.32 Å². The molecule has 3 rings (SSSR count). The summed E-state index contributed by atoms with van der Waals surface area (Å²) in [4.78, 5) is 38.4. The average molecular weight is 458 g/mol. The zero-order valence-corrected chi connectivity index (χ0v) is 18.8. The molecule has 2 aromatic rings. The van der Waals surface area contributed by atoms with Gasteiger partial charge in [0.15, 0.2) is 5.11 Å². The van der Waals surface area contributed by atoms with Crippen molar-refractivity contribution in [2.45, 2.75) is 13.8 Å². The van der Waals surface area contributed by atoms with Crippen molar-refractivity contribution in [2.75, 3.05) is 13.7 Å². The number of carbonyl (C=O) groups is 3. The van der Waals surface area contributed by atoms with Gasteiger partial charge in [0.1, 0.15) is 5.57 Å². The molecule has 1 aromatic carbocycles. The molecule has 1 N–H and O–H groups in total. The second-order valence-corrected chi connectivity index (χ2v) is 7.64. The summed E-state index contributed by atoms with van der Waals surface area (Å²) in [6.07, 6.45) is 3.05. The number of aromatic nitrogens is 1. The number of nitrogens with zero attached hydrogens (tertiary/aromatic N) is 2. The Labute approximate surface area is 189 Å². The maximum Gasteiger partial charge on any atom is 0.337 e. The zero-order chi connectivity index (χ0) is 22.9. The Morgan fingerprint density at radius 2 is 2.00 bits per heavy atom. The van der Waals surface area contributed by atoms with Crippen LogP contribution in [0.15, 0.2) is 42.5 Å². The summed E-state index contributed by atoms with van der Waals surface area (Å²) in [6.45, 7) is 7.49. The number of rotatable bonds is 5. The Morgan fingerprint density at radius 3 is 2.65 bits per heavy atom. The monoisotopic (exact) mass is 457 g/mol. The summed E-state index contributed by atoms with van der Waals surface area (Å²) in [5, 5.41) is 3.00. The molecule has 9 heteroatoms. The molecule has 1 aliphatic rings. The number of thiocarbonyl (C=S) groups is 1. The lowest BCUT2D eigenvalue weighted by molar-refractivity contribution is -0.128. The first-order valence-electron chi connectivity index (χ1n) is 9.26. The van der Waals surface area contributed by atoms with Gasteiger partial charge in [-0.25, -0.2) is 4.79 Å². The lowest BCUT2D eigenvalue weighted by Gasteiger charge is -2.27. The molecule has 7 nitrogen and oxygen atoms in total. The van der Waals surface area contributed by atoms with Gasteiger partial charge in [-0.15, -0.1) is 6.58 Å². The standard InChI is InChI=1S/C22H20ClN3O4S/c1-5-8-25-20(28)16(19(27)24-22(25)31)10-15-9-12(2)26(13(15)3)18-11-14(21(29)30-4)6-7-17(18)23/h5-7,9-11H,1,8H2,2-4H3,(H,24,27,31)/b16-10+. The number of hydrogen-bond donors (Lipinski definition) is 1. The van der Waals surface area contributed by atoms with E-state index in [2.05, 4.69) is 11.9 Å². The van der Waals surface area contributed by atoms with Gasteiger partial charge in [0, 0.05) is 17.9 Å². The highest BCUT2D eigenvalue weighted by Gasteiger charge is 2.33. The third-order valence-electron chi connectivity index (χ3n) is 4.88. The van der Waals surface area contributed by atoms with Gasteiger partial charge in [-0.05, 0) is 62.0 Å². The number of carbonyl (C=O) groups excluding carboxylic acids is 3. The second-order valence-electron chi connectivity index (χ2n) is 6.84. The number of amides is 2. The van der Waals surface area contributed by atoms with Gasteiger partial charge in [-0.3, -0.25) is 19.8 Å². The van der Waals surface area contributed by atoms with Gasteiger partial charge >= 0.3 is 5.97 Å². The summed E-state index contributed by atoms with van der Waals surface area (Å²) in [5.74, 6) is -1.54. The van der Waals surface area contributed by atoms with Gasteiger partial charge in [-0.1, -0.05) is 17.7 Å². The van der Waals surface area contributed by atoms with Crippen LogP contribution in [-0.4, -0.2) is 46.0 Å². The van der Waals surface area contributed by atoms with Crippen LogP contribution in [0.4, 0.5) is 0 Å². The number of nitrogens with one attached hydrogen (secondary N) is 1. The molecule has 31 heavy (non-hydrogen) atoms. The maximum absolute atomic E-state index is 12.8. The molecule has 0 unspecified atom stereocenters. The molecule has 0 saturated carbocycles. The van der Waals surface area contributed by atoms with Crippen molar-refractivity contribution >= 4 is 52.8 Å². The summed E-state index contributed by atoms with van der Waals surface area (Å²) in [6, 6.07) is 6.66. The molecule has 0 radical (unpaired) electrons. The normalized spacial score (nSPS) is 15.3. The third kappa shape index (κ3) is 4.17. The lowest BCUT2D eigenvalue weighted by Crippen LogP contribution is -2.53. The van der Waals surface area contributed by atoms with E-state index in [9.17, 15) is 14.4 Å². The number of benzene rings is 1. The molecule has 2 heterocycles. The van der Waals surface area contributed by atoms with Crippen molar-refractivity contribution in [2.24, 2.45) is 0 Å². The second kappa shape index (κ2) is 8.87. The van der Waals surface area contributed by atoms with Crippen LogP contribution in [0.25, 0.3) is 11.8 Å². The number of halogens is 1. The van der Waals surface area contributed by atoms with E-state index in [4.69, 9.17) is 28.6 Å². The maximum atomic E-state index is 12.8. The molecule has 1 fully saturated rings. The third-order valence-corrected chi connectivity index (χ3v) is 5.52. The van der Waals surface area contributed by atoms with E-state index >= 15 is 0 Å². The van der Waals surface area contributed by atoms with Gasteiger partial charge in [0.2, 0.25) is 0 Å². The van der Waals surface area contributed by atoms with Crippen molar-refractivity contribution in [3.05, 3.63) is 70.0 Å². The van der Waals surface area contributed by atoms with Crippen LogP contribution >= 0.6 is 23.8 Å². The van der Waals surface area contributed by atoms with Gasteiger partial charge in [0.05, 0.1) is 23.4 Å². The zero-order valence-electron chi connectivity index (χ0n) is 17.2. The van der Waals surface area contributed by atoms with Crippen LogP contribution in [0.1, 0.15) is 27.3 Å². The molecular weight excluding hydrogens is 438 g/mol. The van der Waals surface area contributed by atoms with Crippen molar-refractivity contribution in [1.29, 1.82) is 0 Å². The van der Waals surface area contributed by atoms with E-state index in [1.165, 1.54) is 24.2 Å². The highest BCUT2D eigenvalue weighted by atomic mass is 35.5. The van der Waals surface area contributed by atoms with Crippen molar-refractivity contribution in [3.8, 4) is 5.69 Å².